The fourth-order valence-electron chi connectivity index (χ4n) is 2.53. The van der Waals surface area contributed by atoms with Crippen LogP contribution < -0.4 is 0 Å². The van der Waals surface area contributed by atoms with E-state index >= 15 is 0 Å². The van der Waals surface area contributed by atoms with Crippen LogP contribution in [0.2, 0.25) is 0 Å². The molecular formula is C12H27N2+. The van der Waals surface area contributed by atoms with Crippen LogP contribution in [0.3, 0.4) is 0 Å². The standard InChI is InChI=1S/C12H27N2/c1-6-12-9-14(5,7-2)10-13(12)8-11(3)4/h11-12H,6-10H2,1-5H3/q+1/t12?,14-/m1/s1. The lowest BCUT2D eigenvalue weighted by Crippen LogP contribution is -2.43. The minimum atomic E-state index is 0.799. The number of rotatable bonds is 4. The predicted octanol–water partition coefficient (Wildman–Crippen LogP) is 2.16. The van der Waals surface area contributed by atoms with Crippen LogP contribution in [0.5, 0.6) is 0 Å². The van der Waals surface area contributed by atoms with Gasteiger partial charge in [0.1, 0.15) is 6.67 Å². The van der Waals surface area contributed by atoms with Crippen molar-refractivity contribution in [2.45, 2.75) is 40.2 Å². The van der Waals surface area contributed by atoms with Gasteiger partial charge < -0.3 is 4.48 Å². The van der Waals surface area contributed by atoms with Crippen LogP contribution in [0.4, 0.5) is 0 Å². The first-order valence-corrected chi connectivity index (χ1v) is 6.08. The van der Waals surface area contributed by atoms with E-state index in [2.05, 4.69) is 39.6 Å². The van der Waals surface area contributed by atoms with E-state index in [1.54, 1.807) is 0 Å². The topological polar surface area (TPSA) is 3.24 Å². The summed E-state index contributed by atoms with van der Waals surface area (Å²) in [6.07, 6.45) is 1.31. The second kappa shape index (κ2) is 4.63. The second-order valence-electron chi connectivity index (χ2n) is 5.49. The normalized spacial score (nSPS) is 34.3. The lowest BCUT2D eigenvalue weighted by Gasteiger charge is -2.28. The van der Waals surface area contributed by atoms with Crippen molar-refractivity contribution in [2.24, 2.45) is 5.92 Å². The number of hydrogen-bond donors (Lipinski definition) is 0. The molecule has 0 saturated carbocycles. The van der Waals surface area contributed by atoms with Gasteiger partial charge in [-0.1, -0.05) is 20.8 Å². The summed E-state index contributed by atoms with van der Waals surface area (Å²) in [6.45, 7) is 14.4. The molecule has 0 radical (unpaired) electrons. The summed E-state index contributed by atoms with van der Waals surface area (Å²) in [6, 6.07) is 0.822. The van der Waals surface area contributed by atoms with Crippen LogP contribution in [0.25, 0.3) is 0 Å². The average molecular weight is 199 g/mol. The molecule has 2 nitrogen and oxygen atoms in total. The molecule has 1 rings (SSSR count). The van der Waals surface area contributed by atoms with Crippen molar-refractivity contribution >= 4 is 0 Å². The zero-order chi connectivity index (χ0) is 10.8. The molecule has 84 valence electrons. The number of hydrogen-bond acceptors (Lipinski definition) is 1. The third-order valence-electron chi connectivity index (χ3n) is 3.53. The maximum atomic E-state index is 2.69. The molecule has 0 spiro atoms. The smallest absolute Gasteiger partial charge is 0.135 e. The highest BCUT2D eigenvalue weighted by atomic mass is 15.5. The Morgan fingerprint density at radius 2 is 2.00 bits per heavy atom. The van der Waals surface area contributed by atoms with Crippen LogP contribution in [-0.2, 0) is 0 Å². The minimum absolute atomic E-state index is 0.799. The van der Waals surface area contributed by atoms with Gasteiger partial charge in [0, 0.05) is 6.54 Å². The first-order chi connectivity index (χ1) is 6.50. The van der Waals surface area contributed by atoms with Crippen LogP contribution in [0.15, 0.2) is 0 Å². The van der Waals surface area contributed by atoms with Gasteiger partial charge in [-0.2, -0.15) is 0 Å². The summed E-state index contributed by atoms with van der Waals surface area (Å²) in [5.41, 5.74) is 0. The van der Waals surface area contributed by atoms with E-state index in [1.165, 1.54) is 37.2 Å². The molecule has 1 unspecified atom stereocenters. The zero-order valence-corrected chi connectivity index (χ0v) is 10.6. The molecule has 1 aliphatic heterocycles. The highest BCUT2D eigenvalue weighted by Crippen LogP contribution is 2.22. The molecule has 0 aromatic rings. The number of nitrogens with zero attached hydrogens (tertiary/aromatic N) is 2. The largest absolute Gasteiger partial charge is 0.312 e. The monoisotopic (exact) mass is 199 g/mol. The fourth-order valence-corrected chi connectivity index (χ4v) is 2.53. The summed E-state index contributed by atoms with van der Waals surface area (Å²) in [5.74, 6) is 0.799. The lowest BCUT2D eigenvalue weighted by molar-refractivity contribution is -0.900. The van der Waals surface area contributed by atoms with E-state index in [-0.39, 0.29) is 0 Å². The van der Waals surface area contributed by atoms with Crippen molar-refractivity contribution in [3.8, 4) is 0 Å². The summed E-state index contributed by atoms with van der Waals surface area (Å²) in [5, 5.41) is 0. The van der Waals surface area contributed by atoms with Crippen molar-refractivity contribution in [2.75, 3.05) is 33.4 Å². The van der Waals surface area contributed by atoms with Gasteiger partial charge in [0.05, 0.1) is 26.2 Å². The van der Waals surface area contributed by atoms with Crippen LogP contribution in [0, 0.1) is 5.92 Å². The van der Waals surface area contributed by atoms with Crippen molar-refractivity contribution < 1.29 is 4.48 Å². The number of quaternary nitrogens is 1. The molecule has 1 fully saturated rings. The Balaban J connectivity index is 2.58. The molecule has 0 aromatic carbocycles. The van der Waals surface area contributed by atoms with Gasteiger partial charge in [-0.25, -0.2) is 4.90 Å². The molecule has 1 saturated heterocycles. The Kier molecular flexibility index (Phi) is 3.96. The van der Waals surface area contributed by atoms with Crippen molar-refractivity contribution in [1.29, 1.82) is 0 Å². The molecule has 1 aliphatic rings. The maximum absolute atomic E-state index is 2.69. The molecule has 2 heteroatoms. The molecule has 1 heterocycles. The van der Waals surface area contributed by atoms with Gasteiger partial charge in [-0.15, -0.1) is 0 Å². The summed E-state index contributed by atoms with van der Waals surface area (Å²) in [7, 11) is 2.39. The van der Waals surface area contributed by atoms with E-state index in [4.69, 9.17) is 0 Å². The Morgan fingerprint density at radius 3 is 2.43 bits per heavy atom. The minimum Gasteiger partial charge on any atom is -0.312 e. The predicted molar refractivity (Wildman–Crippen MR) is 62.1 cm³/mol. The van der Waals surface area contributed by atoms with Crippen LogP contribution in [0.1, 0.15) is 34.1 Å². The molecule has 0 aromatic heterocycles. The van der Waals surface area contributed by atoms with E-state index < -0.39 is 0 Å². The van der Waals surface area contributed by atoms with Crippen molar-refractivity contribution in [3.05, 3.63) is 0 Å². The molecule has 0 aliphatic carbocycles. The summed E-state index contributed by atoms with van der Waals surface area (Å²) in [4.78, 5) is 2.69. The van der Waals surface area contributed by atoms with E-state index in [1.807, 2.05) is 0 Å². The molecule has 0 N–H and O–H groups in total. The highest BCUT2D eigenvalue weighted by Gasteiger charge is 2.38. The van der Waals surface area contributed by atoms with E-state index in [0.29, 0.717) is 0 Å². The van der Waals surface area contributed by atoms with Gasteiger partial charge >= 0.3 is 0 Å². The quantitative estimate of drug-likeness (QED) is 0.627. The van der Waals surface area contributed by atoms with Gasteiger partial charge in [-0.3, -0.25) is 0 Å². The Labute approximate surface area is 89.5 Å². The van der Waals surface area contributed by atoms with Gasteiger partial charge in [-0.05, 0) is 19.3 Å². The SMILES string of the molecule is CCC1C[N@@+](C)(CC)CN1CC(C)C. The second-order valence-corrected chi connectivity index (χ2v) is 5.49. The Morgan fingerprint density at radius 1 is 1.36 bits per heavy atom. The summed E-state index contributed by atoms with van der Waals surface area (Å²) < 4.78 is 1.24. The Bertz CT molecular complexity index is 179. The van der Waals surface area contributed by atoms with Crippen molar-refractivity contribution in [3.63, 3.8) is 0 Å². The average Bonchev–Trinajstić information content (AvgIpc) is 2.42. The molecule has 2 atom stereocenters. The van der Waals surface area contributed by atoms with Gasteiger partial charge in [0.15, 0.2) is 0 Å². The first kappa shape index (κ1) is 12.0. The molecule has 14 heavy (non-hydrogen) atoms. The van der Waals surface area contributed by atoms with Crippen molar-refractivity contribution in [1.82, 2.24) is 4.90 Å². The Hall–Kier alpha value is -0.0800. The highest BCUT2D eigenvalue weighted by molar-refractivity contribution is 4.74. The first-order valence-electron chi connectivity index (χ1n) is 6.08. The zero-order valence-electron chi connectivity index (χ0n) is 10.6. The molecule has 0 bridgehead atoms. The van der Waals surface area contributed by atoms with Gasteiger partial charge in [0.2, 0.25) is 0 Å². The van der Waals surface area contributed by atoms with Crippen LogP contribution >= 0.6 is 0 Å². The van der Waals surface area contributed by atoms with Crippen LogP contribution in [-0.4, -0.2) is 48.8 Å². The lowest BCUT2D eigenvalue weighted by atomic mass is 10.1. The summed E-state index contributed by atoms with van der Waals surface area (Å²) >= 11 is 0. The third kappa shape index (κ3) is 2.71. The molecule has 0 amide bonds. The maximum Gasteiger partial charge on any atom is 0.135 e. The molecular weight excluding hydrogens is 172 g/mol. The third-order valence-corrected chi connectivity index (χ3v) is 3.53. The fraction of sp³-hybridized carbons (Fsp3) is 1.00. The van der Waals surface area contributed by atoms with Gasteiger partial charge in [0.25, 0.3) is 0 Å². The van der Waals surface area contributed by atoms with E-state index in [0.717, 1.165) is 12.0 Å². The van der Waals surface area contributed by atoms with E-state index in [9.17, 15) is 0 Å². The number of likely N-dealkylation sites (N-methyl/N-ethyl adjacent to an activating group) is 1.